The summed E-state index contributed by atoms with van der Waals surface area (Å²) < 4.78 is 11.3. The van der Waals surface area contributed by atoms with E-state index in [0.717, 1.165) is 24.6 Å². The van der Waals surface area contributed by atoms with Crippen LogP contribution in [0.15, 0.2) is 47.1 Å². The van der Waals surface area contributed by atoms with Crippen LogP contribution >= 0.6 is 0 Å². The SMILES string of the molecule is CC(C)c1cccc(OCC(=O)NCC(c2ccco2)N2CCCCC2)c1. The molecule has 1 saturated heterocycles. The largest absolute Gasteiger partial charge is 0.484 e. The zero-order valence-corrected chi connectivity index (χ0v) is 16.3. The monoisotopic (exact) mass is 370 g/mol. The highest BCUT2D eigenvalue weighted by molar-refractivity contribution is 5.77. The van der Waals surface area contributed by atoms with Crippen LogP contribution in [0.3, 0.4) is 0 Å². The van der Waals surface area contributed by atoms with Crippen molar-refractivity contribution in [1.82, 2.24) is 10.2 Å². The molecular weight excluding hydrogens is 340 g/mol. The fourth-order valence-corrected chi connectivity index (χ4v) is 3.49. The van der Waals surface area contributed by atoms with Crippen molar-refractivity contribution in [2.75, 3.05) is 26.2 Å². The van der Waals surface area contributed by atoms with Gasteiger partial charge in [-0.15, -0.1) is 0 Å². The van der Waals surface area contributed by atoms with Crippen LogP contribution in [0.5, 0.6) is 5.75 Å². The van der Waals surface area contributed by atoms with Crippen molar-refractivity contribution in [2.24, 2.45) is 0 Å². The first kappa shape index (κ1) is 19.5. The van der Waals surface area contributed by atoms with E-state index < -0.39 is 0 Å². The van der Waals surface area contributed by atoms with Crippen molar-refractivity contribution in [3.8, 4) is 5.75 Å². The van der Waals surface area contributed by atoms with Gasteiger partial charge in [-0.3, -0.25) is 9.69 Å². The fraction of sp³-hybridized carbons (Fsp3) is 0.500. The lowest BCUT2D eigenvalue weighted by Crippen LogP contribution is -2.41. The van der Waals surface area contributed by atoms with Crippen LogP contribution in [0.4, 0.5) is 0 Å². The first-order valence-electron chi connectivity index (χ1n) is 9.90. The first-order chi connectivity index (χ1) is 13.1. The molecule has 0 bridgehead atoms. The third kappa shape index (κ3) is 5.60. The van der Waals surface area contributed by atoms with E-state index in [1.807, 2.05) is 30.3 Å². The Morgan fingerprint density at radius 2 is 2.00 bits per heavy atom. The van der Waals surface area contributed by atoms with E-state index in [-0.39, 0.29) is 18.6 Å². The number of rotatable bonds is 8. The van der Waals surface area contributed by atoms with Crippen LogP contribution in [-0.2, 0) is 4.79 Å². The summed E-state index contributed by atoms with van der Waals surface area (Å²) >= 11 is 0. The number of furan rings is 1. The van der Waals surface area contributed by atoms with Gasteiger partial charge in [0.15, 0.2) is 6.61 Å². The molecule has 1 fully saturated rings. The average molecular weight is 370 g/mol. The van der Waals surface area contributed by atoms with E-state index in [2.05, 4.69) is 30.1 Å². The van der Waals surface area contributed by atoms with Gasteiger partial charge in [0.1, 0.15) is 11.5 Å². The Bertz CT molecular complexity index is 706. The van der Waals surface area contributed by atoms with Gasteiger partial charge < -0.3 is 14.5 Å². The molecule has 5 heteroatoms. The van der Waals surface area contributed by atoms with Crippen LogP contribution in [0.25, 0.3) is 0 Å². The van der Waals surface area contributed by atoms with Crippen molar-refractivity contribution in [2.45, 2.75) is 45.1 Å². The minimum absolute atomic E-state index is 0.0203. The molecule has 2 aromatic rings. The van der Waals surface area contributed by atoms with Crippen LogP contribution in [0.2, 0.25) is 0 Å². The van der Waals surface area contributed by atoms with E-state index in [9.17, 15) is 4.79 Å². The molecule has 0 spiro atoms. The summed E-state index contributed by atoms with van der Waals surface area (Å²) in [6.45, 7) is 6.91. The van der Waals surface area contributed by atoms with Crippen LogP contribution in [0, 0.1) is 0 Å². The highest BCUT2D eigenvalue weighted by Gasteiger charge is 2.24. The maximum Gasteiger partial charge on any atom is 0.258 e. The number of ether oxygens (including phenoxy) is 1. The highest BCUT2D eigenvalue weighted by atomic mass is 16.5. The molecule has 5 nitrogen and oxygen atoms in total. The molecule has 1 amide bonds. The molecule has 2 heterocycles. The number of amides is 1. The van der Waals surface area contributed by atoms with Crippen molar-refractivity contribution in [3.63, 3.8) is 0 Å². The molecule has 1 aromatic carbocycles. The number of piperidine rings is 1. The third-order valence-electron chi connectivity index (χ3n) is 5.09. The Balaban J connectivity index is 1.52. The Morgan fingerprint density at radius 3 is 2.70 bits per heavy atom. The van der Waals surface area contributed by atoms with Gasteiger partial charge in [-0.25, -0.2) is 0 Å². The maximum absolute atomic E-state index is 12.3. The number of hydrogen-bond acceptors (Lipinski definition) is 4. The lowest BCUT2D eigenvalue weighted by Gasteiger charge is -2.33. The zero-order chi connectivity index (χ0) is 19.1. The third-order valence-corrected chi connectivity index (χ3v) is 5.09. The molecule has 1 aliphatic heterocycles. The van der Waals surface area contributed by atoms with Gasteiger partial charge in [-0.2, -0.15) is 0 Å². The van der Waals surface area contributed by atoms with Gasteiger partial charge >= 0.3 is 0 Å². The maximum atomic E-state index is 12.3. The fourth-order valence-electron chi connectivity index (χ4n) is 3.49. The Kier molecular flexibility index (Phi) is 6.93. The quantitative estimate of drug-likeness (QED) is 0.759. The topological polar surface area (TPSA) is 54.7 Å². The van der Waals surface area contributed by atoms with Crippen molar-refractivity contribution in [3.05, 3.63) is 54.0 Å². The minimum atomic E-state index is -0.112. The zero-order valence-electron chi connectivity index (χ0n) is 16.3. The number of carbonyl (C=O) groups excluding carboxylic acids is 1. The van der Waals surface area contributed by atoms with Crippen LogP contribution in [0.1, 0.15) is 56.4 Å². The van der Waals surface area contributed by atoms with E-state index in [4.69, 9.17) is 9.15 Å². The van der Waals surface area contributed by atoms with Gasteiger partial charge in [-0.05, 0) is 61.7 Å². The van der Waals surface area contributed by atoms with Crippen LogP contribution < -0.4 is 10.1 Å². The average Bonchev–Trinajstić information content (AvgIpc) is 3.22. The summed E-state index contributed by atoms with van der Waals surface area (Å²) in [5.41, 5.74) is 1.20. The Hall–Kier alpha value is -2.27. The number of nitrogens with one attached hydrogen (secondary N) is 1. The van der Waals surface area contributed by atoms with E-state index in [1.165, 1.54) is 24.8 Å². The van der Waals surface area contributed by atoms with Gasteiger partial charge in [0.2, 0.25) is 0 Å². The highest BCUT2D eigenvalue weighted by Crippen LogP contribution is 2.24. The number of carbonyl (C=O) groups is 1. The van der Waals surface area contributed by atoms with Crippen molar-refractivity contribution >= 4 is 5.91 Å². The lowest BCUT2D eigenvalue weighted by molar-refractivity contribution is -0.123. The molecule has 1 N–H and O–H groups in total. The molecular formula is C22H30N2O3. The number of nitrogens with zero attached hydrogens (tertiary/aromatic N) is 1. The standard InChI is InChI=1S/C22H30N2O3/c1-17(2)18-8-6-9-19(14-18)27-16-22(25)23-15-20(21-10-7-13-26-21)24-11-4-3-5-12-24/h6-10,13-14,17,20H,3-5,11-12,15-16H2,1-2H3,(H,23,25). The summed E-state index contributed by atoms with van der Waals surface area (Å²) in [7, 11) is 0. The second kappa shape index (κ2) is 9.60. The molecule has 0 saturated carbocycles. The normalized spacial score (nSPS) is 16.3. The smallest absolute Gasteiger partial charge is 0.258 e. The second-order valence-electron chi connectivity index (χ2n) is 7.45. The van der Waals surface area contributed by atoms with Crippen molar-refractivity contribution < 1.29 is 13.9 Å². The van der Waals surface area contributed by atoms with E-state index in [1.54, 1.807) is 6.26 Å². The van der Waals surface area contributed by atoms with E-state index >= 15 is 0 Å². The molecule has 0 aliphatic carbocycles. The van der Waals surface area contributed by atoms with Crippen molar-refractivity contribution in [1.29, 1.82) is 0 Å². The number of benzene rings is 1. The number of likely N-dealkylation sites (tertiary alicyclic amines) is 1. The molecule has 1 atom stereocenters. The summed E-state index contributed by atoms with van der Waals surface area (Å²) in [5.74, 6) is 1.96. The molecule has 3 rings (SSSR count). The molecule has 146 valence electrons. The molecule has 1 unspecified atom stereocenters. The second-order valence-corrected chi connectivity index (χ2v) is 7.45. The lowest BCUT2D eigenvalue weighted by atomic mass is 10.0. The molecule has 1 aliphatic rings. The van der Waals surface area contributed by atoms with E-state index in [0.29, 0.717) is 12.5 Å². The summed E-state index contributed by atoms with van der Waals surface area (Å²) in [5, 5.41) is 3.01. The van der Waals surface area contributed by atoms with Gasteiger partial charge in [0.05, 0.1) is 12.3 Å². The predicted molar refractivity (Wildman–Crippen MR) is 106 cm³/mol. The van der Waals surface area contributed by atoms with Gasteiger partial charge in [0.25, 0.3) is 5.91 Å². The molecule has 1 aromatic heterocycles. The van der Waals surface area contributed by atoms with Gasteiger partial charge in [-0.1, -0.05) is 32.4 Å². The number of hydrogen-bond donors (Lipinski definition) is 1. The van der Waals surface area contributed by atoms with Gasteiger partial charge in [0, 0.05) is 6.54 Å². The predicted octanol–water partition coefficient (Wildman–Crippen LogP) is 4.13. The first-order valence-corrected chi connectivity index (χ1v) is 9.90. The van der Waals surface area contributed by atoms with Crippen LogP contribution in [-0.4, -0.2) is 37.0 Å². The molecule has 27 heavy (non-hydrogen) atoms. The molecule has 0 radical (unpaired) electrons. The minimum Gasteiger partial charge on any atom is -0.484 e. The summed E-state index contributed by atoms with van der Waals surface area (Å²) in [4.78, 5) is 14.7. The Morgan fingerprint density at radius 1 is 1.19 bits per heavy atom. The summed E-state index contributed by atoms with van der Waals surface area (Å²) in [6.07, 6.45) is 5.36. The summed E-state index contributed by atoms with van der Waals surface area (Å²) in [6, 6.07) is 11.9. The Labute approximate surface area is 161 Å².